The maximum Gasteiger partial charge on any atom is 0.251 e. The van der Waals surface area contributed by atoms with Gasteiger partial charge < -0.3 is 15.7 Å². The fourth-order valence-corrected chi connectivity index (χ4v) is 1.65. The summed E-state index contributed by atoms with van der Waals surface area (Å²) in [6.07, 6.45) is 0.780. The molecule has 5 heteroatoms. The molecule has 0 saturated heterocycles. The fourth-order valence-electron chi connectivity index (χ4n) is 1.65. The number of hydrogen-bond donors (Lipinski definition) is 3. The Kier molecular flexibility index (Phi) is 6.73. The molecule has 0 heterocycles. The van der Waals surface area contributed by atoms with Crippen molar-refractivity contribution in [2.75, 3.05) is 6.54 Å². The smallest absolute Gasteiger partial charge is 0.251 e. The summed E-state index contributed by atoms with van der Waals surface area (Å²) in [4.78, 5) is 23.6. The second-order valence-electron chi connectivity index (χ2n) is 4.70. The van der Waals surface area contributed by atoms with E-state index in [1.807, 2.05) is 13.0 Å². The Labute approximate surface area is 119 Å². The van der Waals surface area contributed by atoms with Crippen LogP contribution in [0.5, 0.6) is 0 Å². The molecule has 0 bridgehead atoms. The van der Waals surface area contributed by atoms with E-state index < -0.39 is 12.1 Å². The molecule has 0 aliphatic rings. The zero-order chi connectivity index (χ0) is 15.0. The van der Waals surface area contributed by atoms with Gasteiger partial charge in [-0.1, -0.05) is 25.1 Å². The first-order chi connectivity index (χ1) is 9.54. The average molecular weight is 278 g/mol. The molecule has 110 valence electrons. The van der Waals surface area contributed by atoms with Crippen molar-refractivity contribution in [1.29, 1.82) is 0 Å². The molecule has 3 N–H and O–H groups in total. The highest BCUT2D eigenvalue weighted by Crippen LogP contribution is 1.99. The topological polar surface area (TPSA) is 78.4 Å². The molecule has 0 fully saturated rings. The summed E-state index contributed by atoms with van der Waals surface area (Å²) < 4.78 is 0. The minimum Gasteiger partial charge on any atom is -0.393 e. The third-order valence-corrected chi connectivity index (χ3v) is 3.02. The van der Waals surface area contributed by atoms with Gasteiger partial charge in [-0.25, -0.2) is 0 Å². The van der Waals surface area contributed by atoms with Crippen LogP contribution in [-0.2, 0) is 4.79 Å². The van der Waals surface area contributed by atoms with Crippen molar-refractivity contribution >= 4 is 11.8 Å². The molecule has 20 heavy (non-hydrogen) atoms. The van der Waals surface area contributed by atoms with Crippen LogP contribution in [0.2, 0.25) is 0 Å². The quantitative estimate of drug-likeness (QED) is 0.698. The van der Waals surface area contributed by atoms with E-state index in [1.165, 1.54) is 0 Å². The molecule has 1 rings (SSSR count). The molecule has 0 aromatic heterocycles. The second kappa shape index (κ2) is 8.32. The molecular formula is C15H22N2O3. The molecule has 2 atom stereocenters. The summed E-state index contributed by atoms with van der Waals surface area (Å²) in [5.74, 6) is -0.528. The van der Waals surface area contributed by atoms with E-state index in [9.17, 15) is 14.7 Å². The summed E-state index contributed by atoms with van der Waals surface area (Å²) in [7, 11) is 0. The number of aliphatic hydroxyl groups is 1. The Balaban J connectivity index is 2.36. The lowest BCUT2D eigenvalue weighted by atomic mass is 10.2. The van der Waals surface area contributed by atoms with E-state index in [4.69, 9.17) is 0 Å². The first-order valence-corrected chi connectivity index (χ1v) is 6.86. The Hall–Kier alpha value is -1.88. The summed E-state index contributed by atoms with van der Waals surface area (Å²) in [5.41, 5.74) is 0.522. The number of nitrogens with one attached hydrogen (secondary N) is 2. The monoisotopic (exact) mass is 278 g/mol. The fraction of sp³-hybridized carbons (Fsp3) is 0.467. The molecule has 1 aromatic carbocycles. The molecule has 2 amide bonds. The van der Waals surface area contributed by atoms with Crippen molar-refractivity contribution in [2.45, 2.75) is 38.8 Å². The molecule has 5 nitrogen and oxygen atoms in total. The van der Waals surface area contributed by atoms with Crippen LogP contribution in [0.15, 0.2) is 30.3 Å². The van der Waals surface area contributed by atoms with Gasteiger partial charge in [0.15, 0.2) is 0 Å². The van der Waals surface area contributed by atoms with Gasteiger partial charge in [0.1, 0.15) is 6.04 Å². The van der Waals surface area contributed by atoms with Gasteiger partial charge in [-0.15, -0.1) is 0 Å². The van der Waals surface area contributed by atoms with Gasteiger partial charge in [0.25, 0.3) is 5.91 Å². The zero-order valence-electron chi connectivity index (χ0n) is 11.9. The van der Waals surface area contributed by atoms with E-state index in [2.05, 4.69) is 10.6 Å². The van der Waals surface area contributed by atoms with Crippen LogP contribution >= 0.6 is 0 Å². The molecule has 2 unspecified atom stereocenters. The van der Waals surface area contributed by atoms with E-state index in [1.54, 1.807) is 31.2 Å². The minimum absolute atomic E-state index is 0.252. The third kappa shape index (κ3) is 5.40. The van der Waals surface area contributed by atoms with E-state index in [-0.39, 0.29) is 11.8 Å². The average Bonchev–Trinajstić information content (AvgIpc) is 2.47. The third-order valence-electron chi connectivity index (χ3n) is 3.02. The van der Waals surface area contributed by atoms with E-state index in [0.717, 1.165) is 0 Å². The number of rotatable bonds is 7. The number of amides is 2. The number of carbonyl (C=O) groups excluding carboxylic acids is 2. The van der Waals surface area contributed by atoms with Gasteiger partial charge >= 0.3 is 0 Å². The second-order valence-corrected chi connectivity index (χ2v) is 4.70. The number of hydrogen-bond acceptors (Lipinski definition) is 3. The van der Waals surface area contributed by atoms with Crippen LogP contribution in [0.4, 0.5) is 0 Å². The van der Waals surface area contributed by atoms with E-state index >= 15 is 0 Å². The highest BCUT2D eigenvalue weighted by Gasteiger charge is 2.16. The van der Waals surface area contributed by atoms with Gasteiger partial charge in [-0.2, -0.15) is 0 Å². The van der Waals surface area contributed by atoms with Gasteiger partial charge in [0, 0.05) is 12.1 Å². The van der Waals surface area contributed by atoms with Crippen LogP contribution in [0.25, 0.3) is 0 Å². The maximum atomic E-state index is 11.9. The minimum atomic E-state index is -0.610. The van der Waals surface area contributed by atoms with Crippen LogP contribution in [0, 0.1) is 0 Å². The largest absolute Gasteiger partial charge is 0.393 e. The molecule has 0 spiro atoms. The number of carbonyl (C=O) groups is 2. The lowest BCUT2D eigenvalue weighted by Crippen LogP contribution is -2.45. The predicted molar refractivity (Wildman–Crippen MR) is 77.3 cm³/mol. The zero-order valence-corrected chi connectivity index (χ0v) is 11.9. The van der Waals surface area contributed by atoms with Gasteiger partial charge in [-0.3, -0.25) is 9.59 Å². The normalized spacial score (nSPS) is 13.3. The van der Waals surface area contributed by atoms with Crippen molar-refractivity contribution in [3.05, 3.63) is 35.9 Å². The van der Waals surface area contributed by atoms with Crippen molar-refractivity contribution in [3.63, 3.8) is 0 Å². The van der Waals surface area contributed by atoms with Crippen molar-refractivity contribution in [1.82, 2.24) is 10.6 Å². The lowest BCUT2D eigenvalue weighted by molar-refractivity contribution is -0.122. The standard InChI is InChI=1S/C15H22N2O3/c1-3-13(18)9-10-16-14(19)11(2)17-15(20)12-7-5-4-6-8-12/h4-8,11,13,18H,3,9-10H2,1-2H3,(H,16,19)(H,17,20). The highest BCUT2D eigenvalue weighted by atomic mass is 16.3. The summed E-state index contributed by atoms with van der Waals surface area (Å²) in [6.45, 7) is 3.92. The van der Waals surface area contributed by atoms with Crippen molar-refractivity contribution in [2.24, 2.45) is 0 Å². The van der Waals surface area contributed by atoms with Gasteiger partial charge in [0.05, 0.1) is 6.10 Å². The lowest BCUT2D eigenvalue weighted by Gasteiger charge is -2.15. The molecular weight excluding hydrogens is 256 g/mol. The van der Waals surface area contributed by atoms with E-state index in [0.29, 0.717) is 24.9 Å². The molecule has 0 saturated carbocycles. The van der Waals surface area contributed by atoms with Crippen molar-refractivity contribution in [3.8, 4) is 0 Å². The maximum absolute atomic E-state index is 11.9. The van der Waals surface area contributed by atoms with Gasteiger partial charge in [-0.05, 0) is 31.9 Å². The highest BCUT2D eigenvalue weighted by molar-refractivity contribution is 5.97. The van der Waals surface area contributed by atoms with Gasteiger partial charge in [0.2, 0.25) is 5.91 Å². The van der Waals surface area contributed by atoms with Crippen molar-refractivity contribution < 1.29 is 14.7 Å². The van der Waals surface area contributed by atoms with Crippen LogP contribution in [0.1, 0.15) is 37.0 Å². The Bertz CT molecular complexity index is 434. The Morgan fingerprint density at radius 1 is 1.25 bits per heavy atom. The summed E-state index contributed by atoms with van der Waals surface area (Å²) in [6, 6.07) is 8.14. The molecule has 1 aromatic rings. The Morgan fingerprint density at radius 2 is 1.90 bits per heavy atom. The van der Waals surface area contributed by atoms with Crippen LogP contribution in [0.3, 0.4) is 0 Å². The molecule has 0 radical (unpaired) electrons. The molecule has 0 aliphatic heterocycles. The first kappa shape index (κ1) is 16.2. The Morgan fingerprint density at radius 3 is 2.50 bits per heavy atom. The van der Waals surface area contributed by atoms with Crippen LogP contribution < -0.4 is 10.6 Å². The first-order valence-electron chi connectivity index (χ1n) is 6.86. The predicted octanol–water partition coefficient (Wildman–Crippen LogP) is 1.08. The summed E-state index contributed by atoms with van der Waals surface area (Å²) in [5, 5.41) is 14.7. The number of aliphatic hydroxyl groups excluding tert-OH is 1. The SMILES string of the molecule is CCC(O)CCNC(=O)C(C)NC(=O)c1ccccc1. The summed E-state index contributed by atoms with van der Waals surface area (Å²) >= 11 is 0. The molecule has 0 aliphatic carbocycles. The number of benzene rings is 1. The van der Waals surface area contributed by atoms with Crippen LogP contribution in [-0.4, -0.2) is 35.6 Å².